The molecule has 0 atom stereocenters. The van der Waals surface area contributed by atoms with Gasteiger partial charge in [-0.1, -0.05) is 6.07 Å². The molecule has 2 aromatic rings. The number of nitrogens with two attached hydrogens (primary N) is 1. The molecular formula is C13H8BBrF2N2. The van der Waals surface area contributed by atoms with Gasteiger partial charge in [0.2, 0.25) is 0 Å². The molecule has 1 aromatic heterocycles. The maximum atomic E-state index is 13.1. The summed E-state index contributed by atoms with van der Waals surface area (Å²) in [6.07, 6.45) is 1.43. The van der Waals surface area contributed by atoms with Crippen LogP contribution in [0.2, 0.25) is 0 Å². The van der Waals surface area contributed by atoms with Gasteiger partial charge in [-0.05, 0) is 51.4 Å². The Morgan fingerprint density at radius 1 is 1.21 bits per heavy atom. The molecule has 0 unspecified atom stereocenters. The van der Waals surface area contributed by atoms with Crippen LogP contribution in [0.5, 0.6) is 0 Å². The van der Waals surface area contributed by atoms with Gasteiger partial charge in [-0.15, -0.1) is 0 Å². The fraction of sp³-hybridized carbons (Fsp3) is 0. The van der Waals surface area contributed by atoms with Gasteiger partial charge in [0, 0.05) is 10.5 Å². The van der Waals surface area contributed by atoms with Crippen LogP contribution in [0.4, 0.5) is 8.78 Å². The van der Waals surface area contributed by atoms with Gasteiger partial charge in [0.25, 0.3) is 0 Å². The van der Waals surface area contributed by atoms with Crippen LogP contribution >= 0.6 is 15.9 Å². The van der Waals surface area contributed by atoms with Crippen LogP contribution in [-0.2, 0) is 0 Å². The van der Waals surface area contributed by atoms with Crippen molar-refractivity contribution in [2.24, 2.45) is 5.73 Å². The van der Waals surface area contributed by atoms with Crippen molar-refractivity contribution in [3.05, 3.63) is 57.7 Å². The molecule has 0 bridgehead atoms. The predicted octanol–water partition coefficient (Wildman–Crippen LogP) is 2.37. The van der Waals surface area contributed by atoms with E-state index in [1.807, 2.05) is 0 Å². The first-order valence-electron chi connectivity index (χ1n) is 5.31. The van der Waals surface area contributed by atoms with Gasteiger partial charge in [-0.3, -0.25) is 4.98 Å². The first kappa shape index (κ1) is 13.7. The van der Waals surface area contributed by atoms with E-state index in [2.05, 4.69) is 20.9 Å². The fourth-order valence-corrected chi connectivity index (χ4v) is 2.02. The summed E-state index contributed by atoms with van der Waals surface area (Å²) in [5, 5.41) is 0. The summed E-state index contributed by atoms with van der Waals surface area (Å²) in [6.45, 7) is 0. The van der Waals surface area contributed by atoms with Gasteiger partial charge < -0.3 is 5.73 Å². The number of pyridine rings is 1. The monoisotopic (exact) mass is 320 g/mol. The zero-order valence-corrected chi connectivity index (χ0v) is 11.3. The molecule has 0 fully saturated rings. The Bertz CT molecular complexity index is 639. The zero-order valence-electron chi connectivity index (χ0n) is 9.70. The number of halogens is 3. The summed E-state index contributed by atoms with van der Waals surface area (Å²) in [7, 11) is 5.57. The smallest absolute Gasteiger partial charge is 0.141 e. The molecule has 0 aliphatic heterocycles. The Morgan fingerprint density at radius 2 is 1.84 bits per heavy atom. The third-order valence-corrected chi connectivity index (χ3v) is 2.99. The van der Waals surface area contributed by atoms with Crippen molar-refractivity contribution in [3.63, 3.8) is 0 Å². The van der Waals surface area contributed by atoms with E-state index in [1.54, 1.807) is 12.1 Å². The van der Waals surface area contributed by atoms with Crippen LogP contribution in [-0.4, -0.2) is 12.8 Å². The molecule has 0 saturated carbocycles. The highest BCUT2D eigenvalue weighted by molar-refractivity contribution is 9.10. The van der Waals surface area contributed by atoms with Crippen LogP contribution in [0.1, 0.15) is 11.3 Å². The standard InChI is InChI=1S/C13H8BBrF2N2/c14-12-2-1-10(15)13(19-12)11(18)5-7-3-8(16)6-9(17)4-7/h1-6H,18H2/b11-5-. The maximum absolute atomic E-state index is 13.1. The minimum atomic E-state index is -0.668. The van der Waals surface area contributed by atoms with E-state index in [0.717, 1.165) is 6.07 Å². The molecule has 0 aliphatic carbocycles. The van der Waals surface area contributed by atoms with E-state index in [0.29, 0.717) is 21.3 Å². The van der Waals surface area contributed by atoms with Gasteiger partial charge in [-0.25, -0.2) is 8.78 Å². The molecule has 2 N–H and O–H groups in total. The number of hydrogen-bond acceptors (Lipinski definition) is 2. The first-order valence-corrected chi connectivity index (χ1v) is 6.10. The third-order valence-electron chi connectivity index (χ3n) is 2.35. The molecule has 0 amide bonds. The van der Waals surface area contributed by atoms with Crippen molar-refractivity contribution in [1.29, 1.82) is 0 Å². The second-order valence-corrected chi connectivity index (χ2v) is 4.72. The van der Waals surface area contributed by atoms with Crippen LogP contribution in [0.3, 0.4) is 0 Å². The molecule has 1 heterocycles. The van der Waals surface area contributed by atoms with E-state index in [9.17, 15) is 8.78 Å². The van der Waals surface area contributed by atoms with E-state index in [1.165, 1.54) is 18.2 Å². The highest BCUT2D eigenvalue weighted by atomic mass is 79.9. The highest BCUT2D eigenvalue weighted by Crippen LogP contribution is 2.20. The molecule has 94 valence electrons. The SMILES string of the molecule is [B]c1ccc(Br)c(/C(N)=C/c2cc(F)cc(F)c2)n1. The maximum Gasteiger partial charge on any atom is 0.141 e. The quantitative estimate of drug-likeness (QED) is 0.863. The molecule has 1 aromatic carbocycles. The molecule has 19 heavy (non-hydrogen) atoms. The summed E-state index contributed by atoms with van der Waals surface area (Å²) in [5.74, 6) is -1.34. The third kappa shape index (κ3) is 3.41. The van der Waals surface area contributed by atoms with E-state index in [4.69, 9.17) is 13.6 Å². The average molecular weight is 321 g/mol. The summed E-state index contributed by atoms with van der Waals surface area (Å²) in [5.41, 5.74) is 7.16. The molecule has 0 saturated heterocycles. The van der Waals surface area contributed by atoms with E-state index in [-0.39, 0.29) is 5.70 Å². The van der Waals surface area contributed by atoms with Crippen molar-refractivity contribution < 1.29 is 8.78 Å². The lowest BCUT2D eigenvalue weighted by molar-refractivity contribution is 0.583. The molecule has 0 spiro atoms. The van der Waals surface area contributed by atoms with E-state index < -0.39 is 11.6 Å². The molecule has 2 rings (SSSR count). The Kier molecular flexibility index (Phi) is 4.00. The predicted molar refractivity (Wildman–Crippen MR) is 75.7 cm³/mol. The van der Waals surface area contributed by atoms with Crippen LogP contribution in [0.15, 0.2) is 34.8 Å². The number of nitrogens with zero attached hydrogens (tertiary/aromatic N) is 1. The summed E-state index contributed by atoms with van der Waals surface area (Å²) in [6, 6.07) is 6.46. The van der Waals surface area contributed by atoms with Crippen LogP contribution in [0, 0.1) is 11.6 Å². The minimum Gasteiger partial charge on any atom is -0.397 e. The van der Waals surface area contributed by atoms with Crippen LogP contribution in [0.25, 0.3) is 11.8 Å². The lowest BCUT2D eigenvalue weighted by Crippen LogP contribution is -2.12. The normalized spacial score (nSPS) is 11.6. The minimum absolute atomic E-state index is 0.254. The van der Waals surface area contributed by atoms with Crippen molar-refractivity contribution >= 4 is 41.1 Å². The second-order valence-electron chi connectivity index (χ2n) is 3.87. The first-order chi connectivity index (χ1) is 8.95. The largest absolute Gasteiger partial charge is 0.397 e. The summed E-state index contributed by atoms with van der Waals surface area (Å²) >= 11 is 3.29. The fourth-order valence-electron chi connectivity index (χ4n) is 1.57. The van der Waals surface area contributed by atoms with Gasteiger partial charge in [0.1, 0.15) is 19.5 Å². The zero-order chi connectivity index (χ0) is 14.0. The molecule has 6 heteroatoms. The number of benzene rings is 1. The van der Waals surface area contributed by atoms with E-state index >= 15 is 0 Å². The highest BCUT2D eigenvalue weighted by Gasteiger charge is 2.06. The van der Waals surface area contributed by atoms with Crippen molar-refractivity contribution in [1.82, 2.24) is 4.98 Å². The topological polar surface area (TPSA) is 38.9 Å². The van der Waals surface area contributed by atoms with Gasteiger partial charge in [0.15, 0.2) is 0 Å². The Labute approximate surface area is 118 Å². The molecule has 0 aliphatic rings. The Morgan fingerprint density at radius 3 is 2.47 bits per heavy atom. The van der Waals surface area contributed by atoms with Gasteiger partial charge in [-0.2, -0.15) is 0 Å². The lowest BCUT2D eigenvalue weighted by atomic mass is 10.0. The Balaban J connectivity index is 2.45. The average Bonchev–Trinajstić information content (AvgIpc) is 2.30. The second kappa shape index (κ2) is 5.53. The van der Waals surface area contributed by atoms with Crippen molar-refractivity contribution in [3.8, 4) is 0 Å². The van der Waals surface area contributed by atoms with Crippen molar-refractivity contribution in [2.45, 2.75) is 0 Å². The summed E-state index contributed by atoms with van der Waals surface area (Å²) in [4.78, 5) is 4.06. The Hall–Kier alpha value is -1.69. The van der Waals surface area contributed by atoms with Gasteiger partial charge in [0.05, 0.1) is 11.4 Å². The molecular weight excluding hydrogens is 313 g/mol. The van der Waals surface area contributed by atoms with Crippen LogP contribution < -0.4 is 11.3 Å². The lowest BCUT2D eigenvalue weighted by Gasteiger charge is -2.06. The molecule has 2 nitrogen and oxygen atoms in total. The number of hydrogen-bond donors (Lipinski definition) is 1. The number of aromatic nitrogens is 1. The van der Waals surface area contributed by atoms with Crippen molar-refractivity contribution in [2.75, 3.05) is 0 Å². The summed E-state index contributed by atoms with van der Waals surface area (Å²) < 4.78 is 26.8. The molecule has 2 radical (unpaired) electrons. The number of rotatable bonds is 2. The van der Waals surface area contributed by atoms with Gasteiger partial charge >= 0.3 is 0 Å².